The molecule has 0 aliphatic heterocycles. The van der Waals surface area contributed by atoms with Crippen LogP contribution in [0.5, 0.6) is 0 Å². The van der Waals surface area contributed by atoms with Crippen molar-refractivity contribution in [1.29, 1.82) is 0 Å². The fraction of sp³-hybridized carbons (Fsp3) is 0.364. The number of benzene rings is 2. The lowest BCUT2D eigenvalue weighted by Crippen LogP contribution is -2.88. The van der Waals surface area contributed by atoms with E-state index >= 15 is 0 Å². The van der Waals surface area contributed by atoms with Gasteiger partial charge in [-0.05, 0) is 36.2 Å². The molecule has 0 aliphatic rings. The van der Waals surface area contributed by atoms with Crippen molar-refractivity contribution in [3.8, 4) is 0 Å². The average Bonchev–Trinajstić information content (AvgIpc) is 2.63. The van der Waals surface area contributed by atoms with Crippen LogP contribution in [-0.2, 0) is 11.2 Å². The average molecular weight is 369 g/mol. The fourth-order valence-electron chi connectivity index (χ4n) is 3.15. The fourth-order valence-corrected chi connectivity index (χ4v) is 3.15. The normalized spacial score (nSPS) is 12.0. The van der Waals surface area contributed by atoms with Crippen molar-refractivity contribution in [1.82, 2.24) is 0 Å². The van der Waals surface area contributed by atoms with Gasteiger partial charge < -0.3 is 16.4 Å². The number of hydrogen-bond acceptors (Lipinski definition) is 2. The van der Waals surface area contributed by atoms with E-state index in [2.05, 4.69) is 55.7 Å². The van der Waals surface area contributed by atoms with Gasteiger partial charge in [0.25, 0.3) is 5.91 Å². The van der Waals surface area contributed by atoms with E-state index in [1.807, 2.05) is 0 Å². The Morgan fingerprint density at radius 1 is 1.04 bits per heavy atom. The molecule has 2 aromatic carbocycles. The van der Waals surface area contributed by atoms with Crippen molar-refractivity contribution in [2.75, 3.05) is 11.9 Å². The Kier molecular flexibility index (Phi) is 7.55. The Morgan fingerprint density at radius 2 is 1.67 bits per heavy atom. The summed E-state index contributed by atoms with van der Waals surface area (Å²) in [6, 6.07) is 15.5. The van der Waals surface area contributed by atoms with Crippen LogP contribution >= 0.6 is 0 Å². The van der Waals surface area contributed by atoms with Crippen LogP contribution in [0.2, 0.25) is 0 Å². The van der Waals surface area contributed by atoms with E-state index in [0.29, 0.717) is 23.7 Å². The maximum absolute atomic E-state index is 12.3. The summed E-state index contributed by atoms with van der Waals surface area (Å²) in [4.78, 5) is 23.4. The molecule has 5 heteroatoms. The van der Waals surface area contributed by atoms with Gasteiger partial charge in [-0.3, -0.25) is 9.59 Å². The van der Waals surface area contributed by atoms with Crippen molar-refractivity contribution < 1.29 is 14.9 Å². The number of hydrogen-bond donors (Lipinski definition) is 3. The number of nitrogens with two attached hydrogens (primary N) is 2. The van der Waals surface area contributed by atoms with Gasteiger partial charge in [0.15, 0.2) is 6.54 Å². The number of amides is 2. The van der Waals surface area contributed by atoms with Crippen LogP contribution in [-0.4, -0.2) is 18.4 Å². The molecule has 5 nitrogen and oxygen atoms in total. The highest BCUT2D eigenvalue weighted by molar-refractivity contribution is 5.95. The third kappa shape index (κ3) is 6.22. The van der Waals surface area contributed by atoms with Crippen LogP contribution in [0, 0.1) is 5.92 Å². The monoisotopic (exact) mass is 368 g/mol. The van der Waals surface area contributed by atoms with Crippen molar-refractivity contribution in [3.63, 3.8) is 0 Å². The zero-order valence-electron chi connectivity index (χ0n) is 16.4. The van der Waals surface area contributed by atoms with Gasteiger partial charge in [-0.15, -0.1) is 0 Å². The molecule has 0 spiro atoms. The molecule has 2 amide bonds. The van der Waals surface area contributed by atoms with Crippen molar-refractivity contribution in [2.24, 2.45) is 11.7 Å². The quantitative estimate of drug-likeness (QED) is 0.635. The molecule has 0 saturated heterocycles. The number of carbonyl (C=O) groups excluding carboxylic acids is 2. The number of quaternary nitrogens is 1. The molecule has 0 aliphatic carbocycles. The van der Waals surface area contributed by atoms with Crippen LogP contribution in [0.1, 0.15) is 54.7 Å². The summed E-state index contributed by atoms with van der Waals surface area (Å²) in [5.74, 6) is -0.148. The molecule has 27 heavy (non-hydrogen) atoms. The van der Waals surface area contributed by atoms with Gasteiger partial charge >= 0.3 is 0 Å². The van der Waals surface area contributed by atoms with Gasteiger partial charge in [0.05, 0.1) is 0 Å². The van der Waals surface area contributed by atoms with E-state index in [1.54, 1.807) is 24.3 Å². The first-order chi connectivity index (χ1) is 12.9. The van der Waals surface area contributed by atoms with E-state index in [9.17, 15) is 9.59 Å². The Hall–Kier alpha value is -2.66. The maximum Gasteiger partial charge on any atom is 0.279 e. The molecule has 0 bridgehead atoms. The summed E-state index contributed by atoms with van der Waals surface area (Å²) in [5.41, 5.74) is 8.89. The smallest absolute Gasteiger partial charge is 0.279 e. The van der Waals surface area contributed by atoms with Gasteiger partial charge in [0.1, 0.15) is 6.04 Å². The molecule has 2 rings (SSSR count). The van der Waals surface area contributed by atoms with E-state index in [0.717, 1.165) is 12.8 Å². The lowest BCUT2D eigenvalue weighted by Gasteiger charge is -2.20. The van der Waals surface area contributed by atoms with E-state index in [-0.39, 0.29) is 11.9 Å². The third-order valence-electron chi connectivity index (χ3n) is 4.63. The number of aryl methyl sites for hydroxylation is 1. The zero-order valence-corrected chi connectivity index (χ0v) is 16.4. The SMILES string of the molecule is CCCc1ccc([C@H]([NH2+]CC(=O)Nc2ccc(C(N)=O)cc2)C(C)C)cc1. The Labute approximate surface area is 161 Å². The van der Waals surface area contributed by atoms with Crippen LogP contribution in [0.3, 0.4) is 0 Å². The Morgan fingerprint density at radius 3 is 2.19 bits per heavy atom. The third-order valence-corrected chi connectivity index (χ3v) is 4.63. The molecule has 1 atom stereocenters. The first kappa shape index (κ1) is 20.6. The highest BCUT2D eigenvalue weighted by Crippen LogP contribution is 2.18. The highest BCUT2D eigenvalue weighted by Gasteiger charge is 2.20. The molecular weight excluding hydrogens is 338 g/mol. The minimum atomic E-state index is -0.481. The van der Waals surface area contributed by atoms with Crippen LogP contribution in [0.4, 0.5) is 5.69 Å². The Bertz CT molecular complexity index is 752. The first-order valence-corrected chi connectivity index (χ1v) is 9.52. The lowest BCUT2D eigenvalue weighted by atomic mass is 9.94. The molecule has 2 aromatic rings. The second kappa shape index (κ2) is 9.88. The topological polar surface area (TPSA) is 88.8 Å². The predicted molar refractivity (Wildman–Crippen MR) is 108 cm³/mol. The van der Waals surface area contributed by atoms with E-state index in [4.69, 9.17) is 5.73 Å². The first-order valence-electron chi connectivity index (χ1n) is 9.52. The molecule has 0 aromatic heterocycles. The lowest BCUT2D eigenvalue weighted by molar-refractivity contribution is -0.692. The molecule has 0 unspecified atom stereocenters. The predicted octanol–water partition coefficient (Wildman–Crippen LogP) is 2.64. The van der Waals surface area contributed by atoms with Crippen molar-refractivity contribution in [2.45, 2.75) is 39.7 Å². The number of anilines is 1. The summed E-state index contributed by atoms with van der Waals surface area (Å²) >= 11 is 0. The van der Waals surface area contributed by atoms with Gasteiger partial charge in [0.2, 0.25) is 5.91 Å². The van der Waals surface area contributed by atoms with E-state index < -0.39 is 5.91 Å². The maximum atomic E-state index is 12.3. The summed E-state index contributed by atoms with van der Waals surface area (Å²) in [5, 5.41) is 4.93. The standard InChI is InChI=1S/C22H29N3O2/c1-4-5-16-6-8-17(9-7-16)21(15(2)3)24-14-20(26)25-19-12-10-18(11-13-19)22(23)27/h6-13,15,21,24H,4-5,14H2,1-3H3,(H2,23,27)(H,25,26)/p+1/t21-/m1/s1. The largest absolute Gasteiger partial charge is 0.366 e. The minimum Gasteiger partial charge on any atom is -0.366 e. The molecule has 144 valence electrons. The van der Waals surface area contributed by atoms with Gasteiger partial charge in [-0.2, -0.15) is 0 Å². The van der Waals surface area contributed by atoms with Crippen LogP contribution in [0.25, 0.3) is 0 Å². The van der Waals surface area contributed by atoms with Crippen LogP contribution < -0.4 is 16.4 Å². The van der Waals surface area contributed by atoms with E-state index in [1.165, 1.54) is 11.1 Å². The number of rotatable bonds is 9. The summed E-state index contributed by atoms with van der Waals surface area (Å²) in [7, 11) is 0. The molecule has 0 heterocycles. The van der Waals surface area contributed by atoms with Crippen molar-refractivity contribution >= 4 is 17.5 Å². The number of primary amides is 1. The minimum absolute atomic E-state index is 0.0740. The molecule has 0 fully saturated rings. The highest BCUT2D eigenvalue weighted by atomic mass is 16.2. The van der Waals surface area contributed by atoms with Crippen LogP contribution in [0.15, 0.2) is 48.5 Å². The summed E-state index contributed by atoms with van der Waals surface area (Å²) < 4.78 is 0. The second-order valence-electron chi connectivity index (χ2n) is 7.19. The molecule has 0 radical (unpaired) electrons. The number of nitrogens with one attached hydrogen (secondary N) is 1. The summed E-state index contributed by atoms with van der Waals surface area (Å²) in [6.07, 6.45) is 2.23. The Balaban J connectivity index is 1.94. The van der Waals surface area contributed by atoms with Crippen molar-refractivity contribution in [3.05, 3.63) is 65.2 Å². The molecular formula is C22H30N3O2+. The molecule has 0 saturated carbocycles. The zero-order chi connectivity index (χ0) is 19.8. The number of carbonyl (C=O) groups is 2. The van der Waals surface area contributed by atoms with Gasteiger partial charge in [-0.1, -0.05) is 51.5 Å². The second-order valence-corrected chi connectivity index (χ2v) is 7.19. The van der Waals surface area contributed by atoms with Gasteiger partial charge in [-0.25, -0.2) is 0 Å². The summed E-state index contributed by atoms with van der Waals surface area (Å²) in [6.45, 7) is 6.85. The molecule has 5 N–H and O–H groups in total. The van der Waals surface area contributed by atoms with Gasteiger partial charge in [0, 0.05) is 22.7 Å².